The number of rotatable bonds is 5. The van der Waals surface area contributed by atoms with Gasteiger partial charge in [0.05, 0.1) is 0 Å². The molecule has 0 radical (unpaired) electrons. The van der Waals surface area contributed by atoms with Gasteiger partial charge in [-0.05, 0) is 36.5 Å². The van der Waals surface area contributed by atoms with Crippen LogP contribution in [-0.2, 0) is 20.9 Å². The van der Waals surface area contributed by atoms with Crippen LogP contribution in [0.4, 0.5) is 0 Å². The van der Waals surface area contributed by atoms with Gasteiger partial charge in [-0.25, -0.2) is 4.79 Å². The maximum absolute atomic E-state index is 12.3. The molecule has 1 fully saturated rings. The van der Waals surface area contributed by atoms with Crippen LogP contribution in [0.25, 0.3) is 0 Å². The van der Waals surface area contributed by atoms with Crippen molar-refractivity contribution in [2.24, 2.45) is 5.92 Å². The van der Waals surface area contributed by atoms with Gasteiger partial charge in [-0.2, -0.15) is 0 Å². The van der Waals surface area contributed by atoms with Crippen molar-refractivity contribution in [2.75, 3.05) is 0 Å². The van der Waals surface area contributed by atoms with Crippen molar-refractivity contribution in [2.45, 2.75) is 45.3 Å². The molecule has 5 heteroatoms. The van der Waals surface area contributed by atoms with Gasteiger partial charge in [0, 0.05) is 11.4 Å². The second kappa shape index (κ2) is 7.59. The predicted molar refractivity (Wildman–Crippen MR) is 83.5 cm³/mol. The summed E-state index contributed by atoms with van der Waals surface area (Å²) >= 11 is 3.39. The molecule has 114 valence electrons. The van der Waals surface area contributed by atoms with Gasteiger partial charge < -0.3 is 10.1 Å². The summed E-state index contributed by atoms with van der Waals surface area (Å²) in [5.74, 6) is -0.327. The second-order valence-electron chi connectivity index (χ2n) is 5.46. The minimum atomic E-state index is -0.517. The topological polar surface area (TPSA) is 55.4 Å². The number of hydrogen-bond acceptors (Lipinski definition) is 3. The number of amides is 1. The lowest BCUT2D eigenvalue weighted by Crippen LogP contribution is -2.45. The van der Waals surface area contributed by atoms with Gasteiger partial charge in [0.25, 0.3) is 0 Å². The van der Waals surface area contributed by atoms with E-state index in [0.29, 0.717) is 0 Å². The summed E-state index contributed by atoms with van der Waals surface area (Å²) in [6, 6.07) is 7.12. The molecule has 2 rings (SSSR count). The summed E-state index contributed by atoms with van der Waals surface area (Å²) in [5.41, 5.74) is 0.922. The monoisotopic (exact) mass is 353 g/mol. The average Bonchev–Trinajstić information content (AvgIpc) is 2.96. The fourth-order valence-corrected chi connectivity index (χ4v) is 3.20. The first-order valence-electron chi connectivity index (χ1n) is 7.24. The first-order chi connectivity index (χ1) is 10.1. The molecule has 1 N–H and O–H groups in total. The van der Waals surface area contributed by atoms with Crippen molar-refractivity contribution in [3.05, 3.63) is 34.3 Å². The van der Waals surface area contributed by atoms with Crippen molar-refractivity contribution in [1.82, 2.24) is 5.32 Å². The largest absolute Gasteiger partial charge is 0.459 e. The summed E-state index contributed by atoms with van der Waals surface area (Å²) in [5, 5.41) is 2.75. The van der Waals surface area contributed by atoms with E-state index in [9.17, 15) is 9.59 Å². The molecule has 0 aliphatic heterocycles. The molecule has 0 heterocycles. The van der Waals surface area contributed by atoms with E-state index in [0.717, 1.165) is 35.7 Å². The number of hydrogen-bond donors (Lipinski definition) is 1. The van der Waals surface area contributed by atoms with Crippen LogP contribution in [-0.4, -0.2) is 17.9 Å². The first-order valence-corrected chi connectivity index (χ1v) is 8.04. The van der Waals surface area contributed by atoms with Gasteiger partial charge in [0.15, 0.2) is 0 Å². The van der Waals surface area contributed by atoms with Crippen molar-refractivity contribution in [3.63, 3.8) is 0 Å². The Morgan fingerprint density at radius 2 is 2.10 bits per heavy atom. The van der Waals surface area contributed by atoms with Gasteiger partial charge in [-0.1, -0.05) is 40.9 Å². The summed E-state index contributed by atoms with van der Waals surface area (Å²) in [4.78, 5) is 23.6. The van der Waals surface area contributed by atoms with Crippen LogP contribution in [0.1, 0.15) is 38.2 Å². The second-order valence-corrected chi connectivity index (χ2v) is 6.38. The number of carbonyl (C=O) groups excluding carboxylic acids is 2. The molecule has 1 aliphatic rings. The Kier molecular flexibility index (Phi) is 5.79. The molecule has 1 aliphatic carbocycles. The van der Waals surface area contributed by atoms with Gasteiger partial charge >= 0.3 is 5.97 Å². The number of nitrogens with one attached hydrogen (secondary N) is 1. The van der Waals surface area contributed by atoms with Crippen molar-refractivity contribution >= 4 is 27.8 Å². The van der Waals surface area contributed by atoms with Crippen molar-refractivity contribution in [1.29, 1.82) is 0 Å². The molecular weight excluding hydrogens is 334 g/mol. The molecule has 0 saturated heterocycles. The highest BCUT2D eigenvalue weighted by molar-refractivity contribution is 9.10. The third-order valence-corrected chi connectivity index (χ3v) is 4.25. The van der Waals surface area contributed by atoms with Crippen LogP contribution in [0, 0.1) is 5.92 Å². The molecule has 4 nitrogen and oxygen atoms in total. The Morgan fingerprint density at radius 1 is 1.38 bits per heavy atom. The molecule has 21 heavy (non-hydrogen) atoms. The van der Waals surface area contributed by atoms with Gasteiger partial charge in [0.2, 0.25) is 5.91 Å². The summed E-state index contributed by atoms with van der Waals surface area (Å²) in [6.07, 6.45) is 4.16. The van der Waals surface area contributed by atoms with E-state index in [1.54, 1.807) is 0 Å². The normalized spacial score (nSPS) is 16.5. The first kappa shape index (κ1) is 16.0. The zero-order valence-corrected chi connectivity index (χ0v) is 13.7. The Bertz CT molecular complexity index is 512. The van der Waals surface area contributed by atoms with Gasteiger partial charge in [-0.3, -0.25) is 4.79 Å². The minimum Gasteiger partial charge on any atom is -0.459 e. The average molecular weight is 354 g/mol. The van der Waals surface area contributed by atoms with E-state index in [4.69, 9.17) is 4.74 Å². The van der Waals surface area contributed by atoms with Crippen LogP contribution in [0.15, 0.2) is 28.7 Å². The molecule has 1 aromatic carbocycles. The number of esters is 1. The Balaban J connectivity index is 1.95. The third kappa shape index (κ3) is 4.84. The molecule has 1 unspecified atom stereocenters. The smallest absolute Gasteiger partial charge is 0.329 e. The van der Waals surface area contributed by atoms with Crippen LogP contribution in [0.5, 0.6) is 0 Å². The highest BCUT2D eigenvalue weighted by atomic mass is 79.9. The maximum Gasteiger partial charge on any atom is 0.329 e. The number of halogens is 1. The van der Waals surface area contributed by atoms with Gasteiger partial charge in [-0.15, -0.1) is 0 Å². The maximum atomic E-state index is 12.3. The fourth-order valence-electron chi connectivity index (χ4n) is 2.75. The lowest BCUT2D eigenvalue weighted by atomic mass is 9.98. The highest BCUT2D eigenvalue weighted by Gasteiger charge is 2.32. The molecule has 1 saturated carbocycles. The number of ether oxygens (including phenoxy) is 1. The molecular formula is C16H20BrNO3. The van der Waals surface area contributed by atoms with E-state index in [1.165, 1.54) is 6.92 Å². The molecule has 1 aromatic rings. The summed E-state index contributed by atoms with van der Waals surface area (Å²) < 4.78 is 6.33. The lowest BCUT2D eigenvalue weighted by Gasteiger charge is -2.22. The minimum absolute atomic E-state index is 0.189. The van der Waals surface area contributed by atoms with E-state index < -0.39 is 6.04 Å². The van der Waals surface area contributed by atoms with Crippen LogP contribution in [0.2, 0.25) is 0 Å². The zero-order valence-electron chi connectivity index (χ0n) is 12.1. The summed E-state index contributed by atoms with van der Waals surface area (Å²) in [7, 11) is 0. The Morgan fingerprint density at radius 3 is 2.71 bits per heavy atom. The van der Waals surface area contributed by atoms with Gasteiger partial charge in [0.1, 0.15) is 12.6 Å². The third-order valence-electron chi connectivity index (χ3n) is 3.75. The molecule has 0 spiro atoms. The molecule has 1 amide bonds. The fraction of sp³-hybridized carbons (Fsp3) is 0.500. The molecule has 0 aromatic heterocycles. The quantitative estimate of drug-likeness (QED) is 0.827. The van der Waals surface area contributed by atoms with Crippen LogP contribution >= 0.6 is 15.9 Å². The Labute approximate surface area is 133 Å². The predicted octanol–water partition coefficient (Wildman–Crippen LogP) is 3.19. The SMILES string of the molecule is CC(=O)NC(C(=O)OCc1cccc(Br)c1)C1CCCC1. The summed E-state index contributed by atoms with van der Waals surface area (Å²) in [6.45, 7) is 1.66. The standard InChI is InChI=1S/C16H20BrNO3/c1-11(19)18-15(13-6-2-3-7-13)16(20)21-10-12-5-4-8-14(17)9-12/h4-5,8-9,13,15H,2-3,6-7,10H2,1H3,(H,18,19). The van der Waals surface area contributed by atoms with Crippen molar-refractivity contribution < 1.29 is 14.3 Å². The van der Waals surface area contributed by atoms with E-state index in [-0.39, 0.29) is 24.4 Å². The number of carbonyl (C=O) groups is 2. The lowest BCUT2D eigenvalue weighted by molar-refractivity contribution is -0.150. The Hall–Kier alpha value is -1.36. The van der Waals surface area contributed by atoms with E-state index >= 15 is 0 Å². The van der Waals surface area contributed by atoms with E-state index in [2.05, 4.69) is 21.2 Å². The van der Waals surface area contributed by atoms with Crippen molar-refractivity contribution in [3.8, 4) is 0 Å². The highest BCUT2D eigenvalue weighted by Crippen LogP contribution is 2.28. The molecule has 0 bridgehead atoms. The van der Waals surface area contributed by atoms with Crippen LogP contribution in [0.3, 0.4) is 0 Å². The van der Waals surface area contributed by atoms with Crippen LogP contribution < -0.4 is 5.32 Å². The zero-order chi connectivity index (χ0) is 15.2. The number of benzene rings is 1. The van der Waals surface area contributed by atoms with E-state index in [1.807, 2.05) is 24.3 Å². The molecule has 1 atom stereocenters.